The average molecular weight is 320 g/mol. The van der Waals surface area contributed by atoms with Crippen LogP contribution in [0.3, 0.4) is 0 Å². The zero-order chi connectivity index (χ0) is 13.5. The lowest BCUT2D eigenvalue weighted by atomic mass is 9.90. The van der Waals surface area contributed by atoms with Crippen molar-refractivity contribution in [1.82, 2.24) is 14.9 Å². The van der Waals surface area contributed by atoms with Crippen LogP contribution < -0.4 is 5.32 Å². The van der Waals surface area contributed by atoms with Crippen LogP contribution in [-0.4, -0.2) is 16.1 Å². The first kappa shape index (κ1) is 12.9. The molecule has 1 aromatic heterocycles. The Morgan fingerprint density at radius 2 is 2.26 bits per heavy atom. The Bertz CT molecular complexity index is 597. The van der Waals surface area contributed by atoms with Crippen molar-refractivity contribution < 1.29 is 0 Å². The van der Waals surface area contributed by atoms with Gasteiger partial charge in [-0.2, -0.15) is 0 Å². The van der Waals surface area contributed by atoms with E-state index in [1.165, 1.54) is 18.4 Å². The Morgan fingerprint density at radius 3 is 2.84 bits per heavy atom. The van der Waals surface area contributed by atoms with Gasteiger partial charge < -0.3 is 9.88 Å². The third kappa shape index (κ3) is 2.23. The van der Waals surface area contributed by atoms with Gasteiger partial charge in [0.05, 0.1) is 5.69 Å². The molecule has 1 N–H and O–H groups in total. The normalized spacial score (nSPS) is 22.9. The molecule has 1 aliphatic rings. The van der Waals surface area contributed by atoms with Crippen molar-refractivity contribution in [2.45, 2.75) is 32.2 Å². The predicted molar refractivity (Wildman–Crippen MR) is 80.6 cm³/mol. The van der Waals surface area contributed by atoms with E-state index in [0.717, 1.165) is 22.5 Å². The van der Waals surface area contributed by atoms with E-state index in [2.05, 4.69) is 55.9 Å². The Kier molecular flexibility index (Phi) is 3.23. The molecule has 2 heterocycles. The molecule has 3 rings (SSSR count). The van der Waals surface area contributed by atoms with Gasteiger partial charge in [-0.3, -0.25) is 0 Å². The fourth-order valence-electron chi connectivity index (χ4n) is 2.82. The van der Waals surface area contributed by atoms with E-state index >= 15 is 0 Å². The quantitative estimate of drug-likeness (QED) is 0.917. The predicted octanol–water partition coefficient (Wildman–Crippen LogP) is 3.54. The molecular weight excluding hydrogens is 302 g/mol. The largest absolute Gasteiger partial charge is 0.308 e. The third-order valence-corrected chi connectivity index (χ3v) is 4.67. The molecule has 0 radical (unpaired) electrons. The van der Waals surface area contributed by atoms with Gasteiger partial charge in [0.1, 0.15) is 5.82 Å². The summed E-state index contributed by atoms with van der Waals surface area (Å²) in [6.45, 7) is 5.40. The Hall–Kier alpha value is -1.13. The summed E-state index contributed by atoms with van der Waals surface area (Å²) >= 11 is 3.70. The number of imidazole rings is 1. The summed E-state index contributed by atoms with van der Waals surface area (Å²) in [6, 6.07) is 6.62. The Morgan fingerprint density at radius 1 is 1.42 bits per heavy atom. The fourth-order valence-corrected chi connectivity index (χ4v) is 3.39. The average Bonchev–Trinajstić information content (AvgIpc) is 2.99. The maximum absolute atomic E-state index is 4.28. The van der Waals surface area contributed by atoms with E-state index in [1.807, 2.05) is 19.3 Å². The van der Waals surface area contributed by atoms with Gasteiger partial charge in [-0.05, 0) is 66.9 Å². The van der Waals surface area contributed by atoms with Crippen LogP contribution in [-0.2, 0) is 5.54 Å². The zero-order valence-corrected chi connectivity index (χ0v) is 12.9. The zero-order valence-electron chi connectivity index (χ0n) is 11.3. The molecule has 1 saturated heterocycles. The van der Waals surface area contributed by atoms with Crippen molar-refractivity contribution >= 4 is 15.9 Å². The third-order valence-electron chi connectivity index (χ3n) is 4.04. The van der Waals surface area contributed by atoms with E-state index in [9.17, 15) is 0 Å². The van der Waals surface area contributed by atoms with Crippen molar-refractivity contribution in [2.75, 3.05) is 6.54 Å². The highest BCUT2D eigenvalue weighted by Gasteiger charge is 2.30. The lowest BCUT2D eigenvalue weighted by Crippen LogP contribution is -2.33. The number of nitrogens with one attached hydrogen (secondary N) is 1. The summed E-state index contributed by atoms with van der Waals surface area (Å²) in [5, 5.41) is 3.60. The van der Waals surface area contributed by atoms with Crippen molar-refractivity contribution in [3.05, 3.63) is 46.5 Å². The summed E-state index contributed by atoms with van der Waals surface area (Å²) in [7, 11) is 0. The van der Waals surface area contributed by atoms with Gasteiger partial charge in [0.25, 0.3) is 0 Å². The van der Waals surface area contributed by atoms with Crippen LogP contribution in [0.5, 0.6) is 0 Å². The number of aryl methyl sites for hydroxylation is 1. The monoisotopic (exact) mass is 319 g/mol. The van der Waals surface area contributed by atoms with Crippen LogP contribution in [0.25, 0.3) is 5.69 Å². The van der Waals surface area contributed by atoms with Crippen LogP contribution in [0, 0.1) is 6.92 Å². The van der Waals surface area contributed by atoms with Gasteiger partial charge in [-0.1, -0.05) is 6.07 Å². The molecule has 19 heavy (non-hydrogen) atoms. The van der Waals surface area contributed by atoms with Crippen LogP contribution in [0.1, 0.15) is 31.2 Å². The van der Waals surface area contributed by atoms with Crippen LogP contribution in [0.2, 0.25) is 0 Å². The molecule has 1 aliphatic heterocycles. The summed E-state index contributed by atoms with van der Waals surface area (Å²) in [4.78, 5) is 4.28. The van der Waals surface area contributed by atoms with Crippen molar-refractivity contribution in [3.8, 4) is 5.69 Å². The molecule has 1 fully saturated rings. The van der Waals surface area contributed by atoms with Gasteiger partial charge in [0.2, 0.25) is 0 Å². The Labute approximate surface area is 122 Å². The molecule has 2 aromatic rings. The number of nitrogens with zero attached hydrogens (tertiary/aromatic N) is 2. The second-order valence-electron chi connectivity index (χ2n) is 5.37. The van der Waals surface area contributed by atoms with Crippen molar-refractivity contribution in [2.24, 2.45) is 0 Å². The standard InChI is InChI=1S/C15H18BrN3/c1-11-17-8-9-19(11)14-5-4-12(10-13(14)16)15(2)6-3-7-18-15/h4-5,8-10,18H,3,6-7H2,1-2H3. The number of halogens is 1. The molecule has 1 aromatic carbocycles. The van der Waals surface area contributed by atoms with E-state index in [4.69, 9.17) is 0 Å². The molecule has 0 amide bonds. The van der Waals surface area contributed by atoms with Crippen molar-refractivity contribution in [3.63, 3.8) is 0 Å². The summed E-state index contributed by atoms with van der Waals surface area (Å²) < 4.78 is 3.21. The number of rotatable bonds is 2. The van der Waals surface area contributed by atoms with Gasteiger partial charge in [-0.15, -0.1) is 0 Å². The maximum atomic E-state index is 4.28. The van der Waals surface area contributed by atoms with E-state index < -0.39 is 0 Å². The lowest BCUT2D eigenvalue weighted by molar-refractivity contribution is 0.434. The van der Waals surface area contributed by atoms with Gasteiger partial charge in [-0.25, -0.2) is 4.98 Å². The van der Waals surface area contributed by atoms with Gasteiger partial charge >= 0.3 is 0 Å². The van der Waals surface area contributed by atoms with Crippen molar-refractivity contribution in [1.29, 1.82) is 0 Å². The van der Waals surface area contributed by atoms with Gasteiger partial charge in [0.15, 0.2) is 0 Å². The second-order valence-corrected chi connectivity index (χ2v) is 6.23. The SMILES string of the molecule is Cc1nccn1-c1ccc(C2(C)CCCN2)cc1Br. The second kappa shape index (κ2) is 4.76. The number of aromatic nitrogens is 2. The highest BCUT2D eigenvalue weighted by Crippen LogP contribution is 2.33. The Balaban J connectivity index is 2.01. The van der Waals surface area contributed by atoms with Crippen LogP contribution >= 0.6 is 15.9 Å². The summed E-state index contributed by atoms with van der Waals surface area (Å²) in [5.74, 6) is 0.999. The van der Waals surface area contributed by atoms with E-state index in [1.54, 1.807) is 0 Å². The molecule has 1 atom stereocenters. The van der Waals surface area contributed by atoms with Crippen LogP contribution in [0.4, 0.5) is 0 Å². The number of benzene rings is 1. The summed E-state index contributed by atoms with van der Waals surface area (Å²) in [6.07, 6.45) is 6.26. The highest BCUT2D eigenvalue weighted by atomic mass is 79.9. The first-order valence-corrected chi connectivity index (χ1v) is 7.45. The molecular formula is C15H18BrN3. The van der Waals surface area contributed by atoms with Crippen LogP contribution in [0.15, 0.2) is 35.1 Å². The fraction of sp³-hybridized carbons (Fsp3) is 0.400. The minimum absolute atomic E-state index is 0.116. The molecule has 1 unspecified atom stereocenters. The molecule has 100 valence electrons. The minimum atomic E-state index is 0.116. The number of hydrogen-bond donors (Lipinski definition) is 1. The van der Waals surface area contributed by atoms with Gasteiger partial charge in [0, 0.05) is 22.4 Å². The molecule has 0 aliphatic carbocycles. The lowest BCUT2D eigenvalue weighted by Gasteiger charge is -2.25. The van der Waals surface area contributed by atoms with E-state index in [0.29, 0.717) is 0 Å². The molecule has 0 spiro atoms. The highest BCUT2D eigenvalue weighted by molar-refractivity contribution is 9.10. The molecule has 4 heteroatoms. The minimum Gasteiger partial charge on any atom is -0.308 e. The first-order chi connectivity index (χ1) is 9.10. The maximum Gasteiger partial charge on any atom is 0.110 e. The molecule has 0 saturated carbocycles. The molecule has 3 nitrogen and oxygen atoms in total. The topological polar surface area (TPSA) is 29.9 Å². The molecule has 0 bridgehead atoms. The number of hydrogen-bond acceptors (Lipinski definition) is 2. The smallest absolute Gasteiger partial charge is 0.110 e. The summed E-state index contributed by atoms with van der Waals surface area (Å²) in [5.41, 5.74) is 2.60. The first-order valence-electron chi connectivity index (χ1n) is 6.65. The van der Waals surface area contributed by atoms with E-state index in [-0.39, 0.29) is 5.54 Å².